The summed E-state index contributed by atoms with van der Waals surface area (Å²) >= 11 is 0. The number of nitrogens with zero attached hydrogens (tertiary/aromatic N) is 2. The van der Waals surface area contributed by atoms with Crippen molar-refractivity contribution in [3.8, 4) is 6.07 Å². The highest BCUT2D eigenvalue weighted by Gasteiger charge is 2.02. The van der Waals surface area contributed by atoms with Crippen molar-refractivity contribution in [1.29, 1.82) is 5.26 Å². The number of anilines is 1. The van der Waals surface area contributed by atoms with Crippen LogP contribution in [-0.2, 0) is 6.54 Å². The van der Waals surface area contributed by atoms with E-state index in [0.717, 1.165) is 11.4 Å². The van der Waals surface area contributed by atoms with E-state index < -0.39 is 0 Å². The first-order chi connectivity index (χ1) is 9.20. The third kappa shape index (κ3) is 3.32. The van der Waals surface area contributed by atoms with Gasteiger partial charge in [0.15, 0.2) is 0 Å². The summed E-state index contributed by atoms with van der Waals surface area (Å²) in [6.45, 7) is 4.90. The van der Waals surface area contributed by atoms with Crippen molar-refractivity contribution in [2.75, 3.05) is 5.32 Å². The van der Waals surface area contributed by atoms with Gasteiger partial charge in [0.2, 0.25) is 0 Å². The van der Waals surface area contributed by atoms with E-state index in [-0.39, 0.29) is 0 Å². The molecular weight excluding hydrogens is 234 g/mol. The largest absolute Gasteiger partial charge is 0.366 e. The van der Waals surface area contributed by atoms with Gasteiger partial charge in [-0.2, -0.15) is 5.26 Å². The molecule has 3 nitrogen and oxygen atoms in total. The van der Waals surface area contributed by atoms with Gasteiger partial charge in [-0.1, -0.05) is 38.1 Å². The van der Waals surface area contributed by atoms with Gasteiger partial charge in [0.1, 0.15) is 5.82 Å². The molecule has 0 aliphatic rings. The molecule has 0 spiro atoms. The van der Waals surface area contributed by atoms with E-state index in [1.54, 1.807) is 0 Å². The van der Waals surface area contributed by atoms with Crippen molar-refractivity contribution in [3.05, 3.63) is 59.3 Å². The first-order valence-electron chi connectivity index (χ1n) is 6.38. The molecule has 0 fully saturated rings. The summed E-state index contributed by atoms with van der Waals surface area (Å²) in [4.78, 5) is 4.38. The van der Waals surface area contributed by atoms with Crippen LogP contribution >= 0.6 is 0 Å². The first-order valence-corrected chi connectivity index (χ1v) is 6.38. The summed E-state index contributed by atoms with van der Waals surface area (Å²) in [5.74, 6) is 1.32. The molecule has 2 aromatic rings. The second kappa shape index (κ2) is 6.01. The molecule has 0 saturated carbocycles. The van der Waals surface area contributed by atoms with Gasteiger partial charge < -0.3 is 5.32 Å². The smallest absolute Gasteiger partial charge is 0.126 e. The molecule has 3 heteroatoms. The average Bonchev–Trinajstić information content (AvgIpc) is 2.45. The van der Waals surface area contributed by atoms with Crippen LogP contribution in [0.4, 0.5) is 5.82 Å². The molecule has 1 aromatic heterocycles. The molecule has 0 atom stereocenters. The molecule has 96 valence electrons. The molecule has 1 heterocycles. The Morgan fingerprint density at radius 1 is 1.21 bits per heavy atom. The van der Waals surface area contributed by atoms with E-state index in [4.69, 9.17) is 5.26 Å². The minimum Gasteiger partial charge on any atom is -0.366 e. The fourth-order valence-electron chi connectivity index (χ4n) is 1.82. The zero-order valence-electron chi connectivity index (χ0n) is 11.2. The van der Waals surface area contributed by atoms with E-state index >= 15 is 0 Å². The Labute approximate surface area is 113 Å². The highest BCUT2D eigenvalue weighted by Crippen LogP contribution is 2.15. The van der Waals surface area contributed by atoms with Crippen molar-refractivity contribution in [1.82, 2.24) is 4.98 Å². The van der Waals surface area contributed by atoms with Crippen LogP contribution in [0, 0.1) is 11.3 Å². The summed E-state index contributed by atoms with van der Waals surface area (Å²) in [7, 11) is 0. The number of hydrogen-bond donors (Lipinski definition) is 1. The van der Waals surface area contributed by atoms with Crippen LogP contribution in [0.2, 0.25) is 0 Å². The van der Waals surface area contributed by atoms with Crippen LogP contribution in [0.25, 0.3) is 0 Å². The third-order valence-electron chi connectivity index (χ3n) is 3.05. The quantitative estimate of drug-likeness (QED) is 0.901. The zero-order valence-corrected chi connectivity index (χ0v) is 11.2. The SMILES string of the molecule is CC(C)c1ccc(NCc2ccccc2C#N)nc1. The Balaban J connectivity index is 2.04. The Bertz CT molecular complexity index is 580. The molecule has 0 bridgehead atoms. The summed E-state index contributed by atoms with van der Waals surface area (Å²) in [5.41, 5.74) is 2.91. The monoisotopic (exact) mass is 251 g/mol. The van der Waals surface area contributed by atoms with E-state index in [9.17, 15) is 0 Å². The Hall–Kier alpha value is -2.34. The van der Waals surface area contributed by atoms with Gasteiger partial charge in [0, 0.05) is 12.7 Å². The molecule has 2 rings (SSSR count). The van der Waals surface area contributed by atoms with Gasteiger partial charge in [-0.3, -0.25) is 0 Å². The van der Waals surface area contributed by atoms with Gasteiger partial charge in [-0.15, -0.1) is 0 Å². The van der Waals surface area contributed by atoms with Gasteiger partial charge in [0.25, 0.3) is 0 Å². The Morgan fingerprint density at radius 3 is 2.63 bits per heavy atom. The highest BCUT2D eigenvalue weighted by atomic mass is 15.0. The zero-order chi connectivity index (χ0) is 13.7. The summed E-state index contributed by atoms with van der Waals surface area (Å²) < 4.78 is 0. The van der Waals surface area contributed by atoms with E-state index in [1.807, 2.05) is 36.5 Å². The van der Waals surface area contributed by atoms with E-state index in [1.165, 1.54) is 5.56 Å². The van der Waals surface area contributed by atoms with Crippen molar-refractivity contribution < 1.29 is 0 Å². The minimum atomic E-state index is 0.487. The first kappa shape index (κ1) is 13.1. The minimum absolute atomic E-state index is 0.487. The second-order valence-electron chi connectivity index (χ2n) is 4.75. The molecule has 0 radical (unpaired) electrons. The Morgan fingerprint density at radius 2 is 2.00 bits per heavy atom. The van der Waals surface area contributed by atoms with E-state index in [0.29, 0.717) is 18.0 Å². The number of aromatic nitrogens is 1. The van der Waals surface area contributed by atoms with Gasteiger partial charge in [-0.25, -0.2) is 4.98 Å². The van der Waals surface area contributed by atoms with Crippen LogP contribution in [0.1, 0.15) is 36.5 Å². The topological polar surface area (TPSA) is 48.7 Å². The number of rotatable bonds is 4. The number of benzene rings is 1. The van der Waals surface area contributed by atoms with Gasteiger partial charge >= 0.3 is 0 Å². The molecule has 1 N–H and O–H groups in total. The molecule has 19 heavy (non-hydrogen) atoms. The Kier molecular flexibility index (Phi) is 4.15. The van der Waals surface area contributed by atoms with Crippen LogP contribution in [0.3, 0.4) is 0 Å². The van der Waals surface area contributed by atoms with Crippen molar-refractivity contribution in [2.45, 2.75) is 26.3 Å². The van der Waals surface area contributed by atoms with E-state index in [2.05, 4.69) is 36.3 Å². The van der Waals surface area contributed by atoms with Crippen molar-refractivity contribution in [2.24, 2.45) is 0 Å². The second-order valence-corrected chi connectivity index (χ2v) is 4.75. The van der Waals surface area contributed by atoms with Crippen molar-refractivity contribution in [3.63, 3.8) is 0 Å². The average molecular weight is 251 g/mol. The number of nitrogens with one attached hydrogen (secondary N) is 1. The van der Waals surface area contributed by atoms with Crippen LogP contribution in [0.15, 0.2) is 42.6 Å². The standard InChI is InChI=1S/C16H17N3/c1-12(2)14-7-8-16(18-10-14)19-11-15-6-4-3-5-13(15)9-17/h3-8,10,12H,11H2,1-2H3,(H,18,19). The lowest BCUT2D eigenvalue weighted by Crippen LogP contribution is -2.03. The molecule has 0 aliphatic heterocycles. The maximum atomic E-state index is 9.02. The number of pyridine rings is 1. The molecule has 0 aliphatic carbocycles. The number of nitriles is 1. The van der Waals surface area contributed by atoms with Gasteiger partial charge in [-0.05, 0) is 29.2 Å². The normalized spacial score (nSPS) is 10.2. The summed E-state index contributed by atoms with van der Waals surface area (Å²) in [5, 5.41) is 12.3. The molecule has 0 amide bonds. The lowest BCUT2D eigenvalue weighted by Gasteiger charge is -2.09. The summed E-state index contributed by atoms with van der Waals surface area (Å²) in [6, 6.07) is 13.8. The van der Waals surface area contributed by atoms with Crippen LogP contribution in [0.5, 0.6) is 0 Å². The molecule has 1 aromatic carbocycles. The lowest BCUT2D eigenvalue weighted by molar-refractivity contribution is 0.858. The fraction of sp³-hybridized carbons (Fsp3) is 0.250. The van der Waals surface area contributed by atoms with Crippen molar-refractivity contribution >= 4 is 5.82 Å². The molecule has 0 unspecified atom stereocenters. The lowest BCUT2D eigenvalue weighted by atomic mass is 10.1. The highest BCUT2D eigenvalue weighted by molar-refractivity contribution is 5.42. The van der Waals surface area contributed by atoms with Crippen LogP contribution in [-0.4, -0.2) is 4.98 Å². The number of hydrogen-bond acceptors (Lipinski definition) is 3. The summed E-state index contributed by atoms with van der Waals surface area (Å²) in [6.07, 6.45) is 1.89. The fourth-order valence-corrected chi connectivity index (χ4v) is 1.82. The maximum absolute atomic E-state index is 9.02. The third-order valence-corrected chi connectivity index (χ3v) is 3.05. The van der Waals surface area contributed by atoms with Gasteiger partial charge in [0.05, 0.1) is 11.6 Å². The van der Waals surface area contributed by atoms with Crippen LogP contribution < -0.4 is 5.32 Å². The predicted molar refractivity (Wildman–Crippen MR) is 76.8 cm³/mol. The molecule has 0 saturated heterocycles. The maximum Gasteiger partial charge on any atom is 0.126 e. The molecular formula is C16H17N3. The predicted octanol–water partition coefficient (Wildman–Crippen LogP) is 3.69.